The molecule has 1 fully saturated rings. The summed E-state index contributed by atoms with van der Waals surface area (Å²) in [4.78, 5) is 15.8. The second-order valence-corrected chi connectivity index (χ2v) is 6.58. The molecule has 1 saturated carbocycles. The average molecular weight is 286 g/mol. The van der Waals surface area contributed by atoms with Crippen molar-refractivity contribution in [2.75, 3.05) is 0 Å². The highest BCUT2D eigenvalue weighted by Gasteiger charge is 2.30. The van der Waals surface area contributed by atoms with E-state index in [0.717, 1.165) is 23.4 Å². The Labute approximate surface area is 124 Å². The van der Waals surface area contributed by atoms with Crippen LogP contribution in [0.2, 0.25) is 0 Å². The zero-order valence-electron chi connectivity index (χ0n) is 12.8. The second kappa shape index (κ2) is 5.17. The van der Waals surface area contributed by atoms with Crippen LogP contribution in [-0.4, -0.2) is 20.6 Å². The molecule has 4 heteroatoms. The van der Waals surface area contributed by atoms with E-state index in [1.807, 2.05) is 6.07 Å². The number of benzene rings is 1. The Balaban J connectivity index is 2.07. The third-order valence-corrected chi connectivity index (χ3v) is 4.58. The summed E-state index contributed by atoms with van der Waals surface area (Å²) in [5, 5.41) is 9.13. The van der Waals surface area contributed by atoms with Gasteiger partial charge in [-0.25, -0.2) is 9.78 Å². The van der Waals surface area contributed by atoms with Gasteiger partial charge in [0.2, 0.25) is 0 Å². The summed E-state index contributed by atoms with van der Waals surface area (Å²) in [5.74, 6) is 1.99. The first-order valence-electron chi connectivity index (χ1n) is 7.71. The van der Waals surface area contributed by atoms with Gasteiger partial charge in [-0.1, -0.05) is 20.8 Å². The van der Waals surface area contributed by atoms with Gasteiger partial charge >= 0.3 is 5.97 Å². The fourth-order valence-corrected chi connectivity index (χ4v) is 2.63. The van der Waals surface area contributed by atoms with Crippen LogP contribution in [0.4, 0.5) is 0 Å². The summed E-state index contributed by atoms with van der Waals surface area (Å²) in [6.45, 7) is 7.69. The standard InChI is InChI=1S/C17H22N2O2/c1-10(2)11(3)9-19-15-7-6-13(17(20)21)8-14(15)18-16(19)12-4-5-12/h6-8,10-12H,4-5,9H2,1-3H3,(H,20,21). The lowest BCUT2D eigenvalue weighted by molar-refractivity contribution is 0.0697. The number of hydrogen-bond donors (Lipinski definition) is 1. The highest BCUT2D eigenvalue weighted by Crippen LogP contribution is 2.41. The zero-order valence-corrected chi connectivity index (χ0v) is 12.8. The van der Waals surface area contributed by atoms with Crippen molar-refractivity contribution in [2.24, 2.45) is 11.8 Å². The lowest BCUT2D eigenvalue weighted by atomic mass is 9.98. The number of aromatic nitrogens is 2. The van der Waals surface area contributed by atoms with Crippen LogP contribution in [-0.2, 0) is 6.54 Å². The van der Waals surface area contributed by atoms with Crippen molar-refractivity contribution in [2.45, 2.75) is 46.1 Å². The van der Waals surface area contributed by atoms with Gasteiger partial charge in [0.1, 0.15) is 5.82 Å². The van der Waals surface area contributed by atoms with Crippen LogP contribution in [0.25, 0.3) is 11.0 Å². The number of carboxylic acids is 1. The van der Waals surface area contributed by atoms with Crippen molar-refractivity contribution in [1.82, 2.24) is 9.55 Å². The van der Waals surface area contributed by atoms with Gasteiger partial charge in [-0.3, -0.25) is 0 Å². The molecule has 1 heterocycles. The van der Waals surface area contributed by atoms with Crippen molar-refractivity contribution >= 4 is 17.0 Å². The quantitative estimate of drug-likeness (QED) is 0.906. The maximum atomic E-state index is 11.1. The SMILES string of the molecule is CC(C)C(C)Cn1c(C2CC2)nc2cc(C(=O)O)ccc21. The normalized spacial score (nSPS) is 16.6. The monoisotopic (exact) mass is 286 g/mol. The van der Waals surface area contributed by atoms with Crippen LogP contribution in [0.5, 0.6) is 0 Å². The summed E-state index contributed by atoms with van der Waals surface area (Å²) < 4.78 is 2.31. The molecule has 0 spiro atoms. The van der Waals surface area contributed by atoms with Crippen LogP contribution in [0.3, 0.4) is 0 Å². The van der Waals surface area contributed by atoms with E-state index in [9.17, 15) is 4.79 Å². The Kier molecular flexibility index (Phi) is 3.47. The molecule has 0 bridgehead atoms. The first kappa shape index (κ1) is 14.1. The van der Waals surface area contributed by atoms with Gasteiger partial charge in [0, 0.05) is 12.5 Å². The predicted molar refractivity (Wildman–Crippen MR) is 82.7 cm³/mol. The Morgan fingerprint density at radius 2 is 2.10 bits per heavy atom. The van der Waals surface area contributed by atoms with Gasteiger partial charge < -0.3 is 9.67 Å². The third kappa shape index (κ3) is 2.67. The molecule has 1 unspecified atom stereocenters. The van der Waals surface area contributed by atoms with Crippen molar-refractivity contribution in [3.05, 3.63) is 29.6 Å². The number of aromatic carboxylic acids is 1. The number of imidazole rings is 1. The fraction of sp³-hybridized carbons (Fsp3) is 0.529. The van der Waals surface area contributed by atoms with Gasteiger partial charge in [-0.2, -0.15) is 0 Å². The van der Waals surface area contributed by atoms with E-state index in [4.69, 9.17) is 10.1 Å². The Bertz CT molecular complexity index is 683. The Hall–Kier alpha value is -1.84. The highest BCUT2D eigenvalue weighted by atomic mass is 16.4. The molecule has 3 rings (SSSR count). The molecule has 1 N–H and O–H groups in total. The lowest BCUT2D eigenvalue weighted by Crippen LogP contribution is -2.15. The number of carbonyl (C=O) groups is 1. The van der Waals surface area contributed by atoms with Gasteiger partial charge in [-0.05, 0) is 42.9 Å². The van der Waals surface area contributed by atoms with E-state index in [0.29, 0.717) is 23.3 Å². The van der Waals surface area contributed by atoms with Crippen molar-refractivity contribution < 1.29 is 9.90 Å². The van der Waals surface area contributed by atoms with Crippen LogP contribution in [0, 0.1) is 11.8 Å². The molecule has 1 aliphatic rings. The summed E-state index contributed by atoms with van der Waals surface area (Å²) in [6, 6.07) is 5.28. The summed E-state index contributed by atoms with van der Waals surface area (Å²) in [7, 11) is 0. The zero-order chi connectivity index (χ0) is 15.1. The van der Waals surface area contributed by atoms with E-state index in [1.54, 1.807) is 12.1 Å². The molecule has 21 heavy (non-hydrogen) atoms. The van der Waals surface area contributed by atoms with Gasteiger partial charge in [-0.15, -0.1) is 0 Å². The number of carboxylic acid groups (broad SMARTS) is 1. The molecule has 0 aliphatic heterocycles. The van der Waals surface area contributed by atoms with Crippen molar-refractivity contribution in [3.8, 4) is 0 Å². The topological polar surface area (TPSA) is 55.1 Å². The third-order valence-electron chi connectivity index (χ3n) is 4.58. The van der Waals surface area contributed by atoms with E-state index in [-0.39, 0.29) is 0 Å². The highest BCUT2D eigenvalue weighted by molar-refractivity contribution is 5.92. The average Bonchev–Trinajstić information content (AvgIpc) is 3.22. The smallest absolute Gasteiger partial charge is 0.335 e. The van der Waals surface area contributed by atoms with Crippen molar-refractivity contribution in [3.63, 3.8) is 0 Å². The minimum atomic E-state index is -0.894. The molecule has 2 aromatic rings. The summed E-state index contributed by atoms with van der Waals surface area (Å²) >= 11 is 0. The van der Waals surface area contributed by atoms with Gasteiger partial charge in [0.25, 0.3) is 0 Å². The molecular weight excluding hydrogens is 264 g/mol. The largest absolute Gasteiger partial charge is 0.478 e. The molecule has 4 nitrogen and oxygen atoms in total. The number of hydrogen-bond acceptors (Lipinski definition) is 2. The molecular formula is C17H22N2O2. The van der Waals surface area contributed by atoms with Crippen LogP contribution in [0.15, 0.2) is 18.2 Å². The molecule has 1 aliphatic carbocycles. The van der Waals surface area contributed by atoms with E-state index >= 15 is 0 Å². The van der Waals surface area contributed by atoms with Gasteiger partial charge in [0.15, 0.2) is 0 Å². The first-order valence-corrected chi connectivity index (χ1v) is 7.71. The second-order valence-electron chi connectivity index (χ2n) is 6.58. The number of fused-ring (bicyclic) bond motifs is 1. The molecule has 0 amide bonds. The maximum absolute atomic E-state index is 11.1. The minimum absolute atomic E-state index is 0.311. The fourth-order valence-electron chi connectivity index (χ4n) is 2.63. The molecule has 0 radical (unpaired) electrons. The minimum Gasteiger partial charge on any atom is -0.478 e. The molecule has 1 atom stereocenters. The summed E-state index contributed by atoms with van der Waals surface area (Å²) in [5.41, 5.74) is 2.19. The van der Waals surface area contributed by atoms with Crippen LogP contribution >= 0.6 is 0 Å². The Morgan fingerprint density at radius 3 is 2.67 bits per heavy atom. The molecule has 0 saturated heterocycles. The maximum Gasteiger partial charge on any atom is 0.335 e. The predicted octanol–water partition coefficient (Wildman–Crippen LogP) is 3.90. The van der Waals surface area contributed by atoms with Crippen molar-refractivity contribution in [1.29, 1.82) is 0 Å². The van der Waals surface area contributed by atoms with Crippen LogP contribution in [0.1, 0.15) is 55.7 Å². The van der Waals surface area contributed by atoms with E-state index in [1.165, 1.54) is 12.8 Å². The van der Waals surface area contributed by atoms with Crippen LogP contribution < -0.4 is 0 Å². The number of nitrogens with zero attached hydrogens (tertiary/aromatic N) is 2. The number of rotatable bonds is 5. The van der Waals surface area contributed by atoms with Gasteiger partial charge in [0.05, 0.1) is 16.6 Å². The lowest BCUT2D eigenvalue weighted by Gasteiger charge is -2.18. The molecule has 112 valence electrons. The summed E-state index contributed by atoms with van der Waals surface area (Å²) in [6.07, 6.45) is 2.40. The Morgan fingerprint density at radius 1 is 1.38 bits per heavy atom. The van der Waals surface area contributed by atoms with E-state index < -0.39 is 5.97 Å². The first-order chi connectivity index (χ1) is 9.97. The van der Waals surface area contributed by atoms with E-state index in [2.05, 4.69) is 25.3 Å². The molecule has 1 aromatic heterocycles. The molecule has 1 aromatic carbocycles.